The highest BCUT2D eigenvalue weighted by Gasteiger charge is 2.15. The Kier molecular flexibility index (Phi) is 6.42. The molecule has 0 saturated heterocycles. The van der Waals surface area contributed by atoms with Gasteiger partial charge in [-0.15, -0.1) is 0 Å². The third-order valence-corrected chi connectivity index (χ3v) is 5.39. The first kappa shape index (κ1) is 20.4. The van der Waals surface area contributed by atoms with Gasteiger partial charge in [-0.05, 0) is 42.7 Å². The first-order chi connectivity index (χ1) is 13.3. The summed E-state index contributed by atoms with van der Waals surface area (Å²) in [6.07, 6.45) is 0. The molecule has 1 amide bonds. The van der Waals surface area contributed by atoms with Gasteiger partial charge in [-0.1, -0.05) is 55.4 Å². The predicted octanol–water partition coefficient (Wildman–Crippen LogP) is 4.75. The molecule has 0 atom stereocenters. The maximum atomic E-state index is 13.0. The van der Waals surface area contributed by atoms with Crippen molar-refractivity contribution < 1.29 is 4.79 Å². The highest BCUT2D eigenvalue weighted by Crippen LogP contribution is 2.22. The van der Waals surface area contributed by atoms with E-state index in [0.717, 1.165) is 11.3 Å². The second-order valence-electron chi connectivity index (χ2n) is 7.02. The third-order valence-electron chi connectivity index (χ3n) is 4.18. The van der Waals surface area contributed by atoms with Gasteiger partial charge in [0.2, 0.25) is 5.91 Å². The molecule has 7 heteroatoms. The van der Waals surface area contributed by atoms with Crippen LogP contribution in [0, 0.1) is 12.8 Å². The third kappa shape index (κ3) is 4.75. The second-order valence-corrected chi connectivity index (χ2v) is 8.40. The summed E-state index contributed by atoms with van der Waals surface area (Å²) in [5, 5.41) is 4.43. The van der Waals surface area contributed by atoms with Crippen LogP contribution in [0.5, 0.6) is 0 Å². The Morgan fingerprint density at radius 3 is 2.71 bits per heavy atom. The van der Waals surface area contributed by atoms with Crippen LogP contribution < -0.4 is 10.9 Å². The van der Waals surface area contributed by atoms with Gasteiger partial charge in [-0.3, -0.25) is 14.2 Å². The van der Waals surface area contributed by atoms with E-state index in [1.807, 2.05) is 45.0 Å². The zero-order valence-corrected chi connectivity index (χ0v) is 17.6. The zero-order valence-electron chi connectivity index (χ0n) is 16.0. The van der Waals surface area contributed by atoms with Gasteiger partial charge in [0.25, 0.3) is 5.56 Å². The smallest absolute Gasteiger partial charge is 0.262 e. The monoisotopic (exact) mass is 415 g/mol. The molecule has 5 nitrogen and oxygen atoms in total. The van der Waals surface area contributed by atoms with Crippen LogP contribution in [0.15, 0.2) is 52.4 Å². The number of nitrogens with one attached hydrogen (secondary N) is 1. The molecule has 3 aromatic rings. The van der Waals surface area contributed by atoms with E-state index in [1.54, 1.807) is 22.8 Å². The molecule has 146 valence electrons. The molecule has 2 aromatic carbocycles. The Morgan fingerprint density at radius 1 is 1.25 bits per heavy atom. The van der Waals surface area contributed by atoms with Gasteiger partial charge >= 0.3 is 0 Å². The van der Waals surface area contributed by atoms with Gasteiger partial charge in [0.15, 0.2) is 5.16 Å². The molecule has 0 spiro atoms. The summed E-state index contributed by atoms with van der Waals surface area (Å²) < 4.78 is 1.63. The number of nitrogens with zero attached hydrogens (tertiary/aromatic N) is 2. The van der Waals surface area contributed by atoms with Gasteiger partial charge in [-0.2, -0.15) is 0 Å². The fraction of sp³-hybridized carbons (Fsp3) is 0.286. The number of anilines is 1. The van der Waals surface area contributed by atoms with Crippen molar-refractivity contribution in [3.8, 4) is 0 Å². The van der Waals surface area contributed by atoms with Crippen molar-refractivity contribution >= 4 is 45.9 Å². The molecule has 0 aliphatic heterocycles. The largest absolute Gasteiger partial charge is 0.325 e. The number of benzene rings is 2. The number of hydrogen-bond acceptors (Lipinski definition) is 4. The molecule has 0 fully saturated rings. The van der Waals surface area contributed by atoms with Crippen LogP contribution in [-0.4, -0.2) is 21.2 Å². The Labute approximate surface area is 173 Å². The van der Waals surface area contributed by atoms with Crippen molar-refractivity contribution in [3.05, 3.63) is 63.4 Å². The summed E-state index contributed by atoms with van der Waals surface area (Å²) in [6.45, 7) is 6.54. The summed E-state index contributed by atoms with van der Waals surface area (Å²) in [7, 11) is 0. The average Bonchev–Trinajstić information content (AvgIpc) is 2.65. The number of fused-ring (bicyclic) bond motifs is 1. The number of amides is 1. The van der Waals surface area contributed by atoms with Crippen molar-refractivity contribution in [2.45, 2.75) is 32.5 Å². The van der Waals surface area contributed by atoms with Crippen LogP contribution in [-0.2, 0) is 11.3 Å². The molecular weight excluding hydrogens is 394 g/mol. The average molecular weight is 416 g/mol. The lowest BCUT2D eigenvalue weighted by molar-refractivity contribution is -0.113. The second kappa shape index (κ2) is 8.80. The minimum Gasteiger partial charge on any atom is -0.325 e. The molecule has 1 aromatic heterocycles. The fourth-order valence-electron chi connectivity index (χ4n) is 2.84. The number of carbonyl (C=O) groups excluding carboxylic acids is 1. The summed E-state index contributed by atoms with van der Waals surface area (Å²) in [6, 6.07) is 12.7. The topological polar surface area (TPSA) is 64.0 Å². The van der Waals surface area contributed by atoms with Gasteiger partial charge in [0.1, 0.15) is 0 Å². The Bertz CT molecular complexity index is 1080. The number of rotatable bonds is 6. The number of halogens is 1. The van der Waals surface area contributed by atoms with Crippen LogP contribution in [0.3, 0.4) is 0 Å². The van der Waals surface area contributed by atoms with Crippen LogP contribution in [0.1, 0.15) is 19.4 Å². The van der Waals surface area contributed by atoms with Crippen LogP contribution in [0.25, 0.3) is 10.9 Å². The number of carbonyl (C=O) groups is 1. The van der Waals surface area contributed by atoms with Gasteiger partial charge < -0.3 is 5.32 Å². The lowest BCUT2D eigenvalue weighted by atomic mass is 10.2. The van der Waals surface area contributed by atoms with Crippen molar-refractivity contribution in [1.82, 2.24) is 9.55 Å². The molecule has 3 rings (SSSR count). The van der Waals surface area contributed by atoms with E-state index < -0.39 is 0 Å². The van der Waals surface area contributed by atoms with E-state index in [-0.39, 0.29) is 23.1 Å². The quantitative estimate of drug-likeness (QED) is 0.466. The van der Waals surface area contributed by atoms with Crippen molar-refractivity contribution in [2.24, 2.45) is 5.92 Å². The molecule has 0 radical (unpaired) electrons. The van der Waals surface area contributed by atoms with E-state index >= 15 is 0 Å². The molecule has 1 N–H and O–H groups in total. The minimum atomic E-state index is -0.138. The van der Waals surface area contributed by atoms with E-state index in [4.69, 9.17) is 11.6 Å². The Morgan fingerprint density at radius 2 is 2.00 bits per heavy atom. The molecule has 0 unspecified atom stereocenters. The summed E-state index contributed by atoms with van der Waals surface area (Å²) in [5.41, 5.74) is 2.23. The van der Waals surface area contributed by atoms with Crippen LogP contribution >= 0.6 is 23.4 Å². The first-order valence-corrected chi connectivity index (χ1v) is 10.4. The Hall–Kier alpha value is -2.31. The van der Waals surface area contributed by atoms with Gasteiger partial charge in [0, 0.05) is 17.3 Å². The predicted molar refractivity (Wildman–Crippen MR) is 116 cm³/mol. The number of aromatic nitrogens is 2. The van der Waals surface area contributed by atoms with Crippen molar-refractivity contribution in [3.63, 3.8) is 0 Å². The highest BCUT2D eigenvalue weighted by atomic mass is 35.5. The molecule has 0 aliphatic carbocycles. The SMILES string of the molecule is Cc1ccccc1NC(=O)CSc1nc2ccc(Cl)cc2c(=O)n1CC(C)C. The molecule has 0 aliphatic rings. The number of hydrogen-bond donors (Lipinski definition) is 1. The van der Waals surface area contributed by atoms with E-state index in [9.17, 15) is 9.59 Å². The molecule has 0 saturated carbocycles. The number of aryl methyl sites for hydroxylation is 1. The highest BCUT2D eigenvalue weighted by molar-refractivity contribution is 7.99. The molecule has 1 heterocycles. The normalized spacial score (nSPS) is 11.2. The standard InChI is InChI=1S/C21H22ClN3O2S/c1-13(2)11-25-20(27)16-10-15(22)8-9-18(16)24-21(25)28-12-19(26)23-17-7-5-4-6-14(17)3/h4-10,13H,11-12H2,1-3H3,(H,23,26). The van der Waals surface area contributed by atoms with E-state index in [2.05, 4.69) is 10.3 Å². The summed E-state index contributed by atoms with van der Waals surface area (Å²) in [4.78, 5) is 30.0. The zero-order chi connectivity index (χ0) is 20.3. The lowest BCUT2D eigenvalue weighted by Gasteiger charge is -2.15. The first-order valence-electron chi connectivity index (χ1n) is 9.03. The fourth-order valence-corrected chi connectivity index (χ4v) is 3.82. The molecular formula is C21H22ClN3O2S. The minimum absolute atomic E-state index is 0.136. The summed E-state index contributed by atoms with van der Waals surface area (Å²) in [5.74, 6) is 0.287. The lowest BCUT2D eigenvalue weighted by Crippen LogP contribution is -2.26. The maximum Gasteiger partial charge on any atom is 0.262 e. The summed E-state index contributed by atoms with van der Waals surface area (Å²) >= 11 is 7.31. The number of thioether (sulfide) groups is 1. The Balaban J connectivity index is 1.87. The van der Waals surface area contributed by atoms with Crippen molar-refractivity contribution in [2.75, 3.05) is 11.1 Å². The van der Waals surface area contributed by atoms with Crippen LogP contribution in [0.4, 0.5) is 5.69 Å². The van der Waals surface area contributed by atoms with Gasteiger partial charge in [-0.25, -0.2) is 4.98 Å². The van der Waals surface area contributed by atoms with Crippen molar-refractivity contribution in [1.29, 1.82) is 0 Å². The van der Waals surface area contributed by atoms with Gasteiger partial charge in [0.05, 0.1) is 16.7 Å². The number of para-hydroxylation sites is 1. The van der Waals surface area contributed by atoms with Crippen LogP contribution in [0.2, 0.25) is 5.02 Å². The van der Waals surface area contributed by atoms with E-state index in [0.29, 0.717) is 27.6 Å². The molecule has 28 heavy (non-hydrogen) atoms. The maximum absolute atomic E-state index is 13.0. The van der Waals surface area contributed by atoms with E-state index in [1.165, 1.54) is 11.8 Å². The molecule has 0 bridgehead atoms.